The summed E-state index contributed by atoms with van der Waals surface area (Å²) in [5, 5.41) is 2.80. The number of hydrogen-bond acceptors (Lipinski definition) is 2. The van der Waals surface area contributed by atoms with Gasteiger partial charge in [-0.25, -0.2) is 4.39 Å². The summed E-state index contributed by atoms with van der Waals surface area (Å²) in [6.07, 6.45) is 1.75. The van der Waals surface area contributed by atoms with E-state index in [1.165, 1.54) is 16.7 Å². The van der Waals surface area contributed by atoms with Crippen molar-refractivity contribution in [2.45, 2.75) is 13.1 Å². The number of amides is 1. The molecular formula is C20H16FN3O2. The molecule has 2 aromatic carbocycles. The lowest BCUT2D eigenvalue weighted by atomic mass is 10.2. The van der Waals surface area contributed by atoms with E-state index < -0.39 is 5.82 Å². The van der Waals surface area contributed by atoms with Gasteiger partial charge in [0.1, 0.15) is 17.9 Å². The van der Waals surface area contributed by atoms with Gasteiger partial charge in [0.25, 0.3) is 5.56 Å². The summed E-state index contributed by atoms with van der Waals surface area (Å²) < 4.78 is 16.8. The Bertz CT molecular complexity index is 1160. The van der Waals surface area contributed by atoms with E-state index in [1.807, 2.05) is 30.3 Å². The van der Waals surface area contributed by atoms with Crippen LogP contribution in [0.25, 0.3) is 16.6 Å². The van der Waals surface area contributed by atoms with Gasteiger partial charge in [0.2, 0.25) is 5.91 Å². The lowest BCUT2D eigenvalue weighted by molar-refractivity contribution is -0.121. The maximum Gasteiger partial charge on any atom is 0.275 e. The second kappa shape index (κ2) is 6.48. The number of halogens is 1. The Balaban J connectivity index is 1.70. The van der Waals surface area contributed by atoms with Gasteiger partial charge in [-0.05, 0) is 35.9 Å². The van der Waals surface area contributed by atoms with Crippen LogP contribution < -0.4 is 10.9 Å². The van der Waals surface area contributed by atoms with Crippen molar-refractivity contribution in [3.63, 3.8) is 0 Å². The molecule has 1 N–H and O–H groups in total. The first kappa shape index (κ1) is 16.1. The zero-order valence-electron chi connectivity index (χ0n) is 13.9. The number of carbonyl (C=O) groups is 1. The summed E-state index contributed by atoms with van der Waals surface area (Å²) in [7, 11) is 0. The van der Waals surface area contributed by atoms with Crippen molar-refractivity contribution in [3.8, 4) is 0 Å². The highest BCUT2D eigenvalue weighted by Gasteiger charge is 2.14. The molecule has 0 bridgehead atoms. The van der Waals surface area contributed by atoms with Gasteiger partial charge in [0.15, 0.2) is 0 Å². The van der Waals surface area contributed by atoms with Crippen LogP contribution in [0, 0.1) is 5.82 Å². The Morgan fingerprint density at radius 1 is 0.962 bits per heavy atom. The zero-order chi connectivity index (χ0) is 18.1. The Hall–Kier alpha value is -3.41. The number of nitrogens with zero attached hydrogens (tertiary/aromatic N) is 2. The highest BCUT2D eigenvalue weighted by atomic mass is 19.1. The minimum Gasteiger partial charge on any atom is -0.350 e. The van der Waals surface area contributed by atoms with E-state index in [9.17, 15) is 14.0 Å². The summed E-state index contributed by atoms with van der Waals surface area (Å²) >= 11 is 0. The van der Waals surface area contributed by atoms with Crippen LogP contribution in [0.4, 0.5) is 4.39 Å². The highest BCUT2D eigenvalue weighted by Crippen LogP contribution is 2.16. The molecule has 0 saturated heterocycles. The third-order valence-corrected chi connectivity index (χ3v) is 4.34. The summed E-state index contributed by atoms with van der Waals surface area (Å²) in [4.78, 5) is 25.1. The van der Waals surface area contributed by atoms with Crippen molar-refractivity contribution >= 4 is 22.5 Å². The molecule has 0 spiro atoms. The van der Waals surface area contributed by atoms with Gasteiger partial charge in [-0.2, -0.15) is 0 Å². The molecule has 0 aliphatic rings. The van der Waals surface area contributed by atoms with Gasteiger partial charge in [0.05, 0.1) is 11.0 Å². The average molecular weight is 349 g/mol. The quantitative estimate of drug-likeness (QED) is 0.616. The van der Waals surface area contributed by atoms with E-state index in [0.717, 1.165) is 5.56 Å². The molecule has 0 aliphatic carbocycles. The van der Waals surface area contributed by atoms with Crippen molar-refractivity contribution in [1.82, 2.24) is 14.3 Å². The fraction of sp³-hybridized carbons (Fsp3) is 0.100. The smallest absolute Gasteiger partial charge is 0.275 e. The molecule has 6 heteroatoms. The minimum atomic E-state index is -0.457. The molecular weight excluding hydrogens is 333 g/mol. The van der Waals surface area contributed by atoms with Crippen LogP contribution in [0.2, 0.25) is 0 Å². The van der Waals surface area contributed by atoms with E-state index in [1.54, 1.807) is 28.8 Å². The molecule has 0 saturated carbocycles. The first-order valence-electron chi connectivity index (χ1n) is 8.23. The summed E-state index contributed by atoms with van der Waals surface area (Å²) in [6, 6.07) is 17.2. The standard InChI is InChI=1S/C20H16FN3O2/c21-15-8-9-16-18(11-15)24(20(26)17-7-4-10-23(16)17)13-19(25)22-12-14-5-2-1-3-6-14/h1-11H,12-13H2,(H,22,25). The molecule has 0 aliphatic heterocycles. The number of nitrogens with one attached hydrogen (secondary N) is 1. The molecule has 0 atom stereocenters. The normalized spacial score (nSPS) is 11.1. The Morgan fingerprint density at radius 2 is 1.77 bits per heavy atom. The Labute approximate surface area is 148 Å². The largest absolute Gasteiger partial charge is 0.350 e. The first-order chi connectivity index (χ1) is 12.6. The van der Waals surface area contributed by atoms with Gasteiger partial charge >= 0.3 is 0 Å². The molecule has 2 aromatic heterocycles. The number of benzene rings is 2. The summed E-state index contributed by atoms with van der Waals surface area (Å²) in [5.41, 5.74) is 2.13. The van der Waals surface area contributed by atoms with E-state index in [4.69, 9.17) is 0 Å². The maximum absolute atomic E-state index is 13.8. The number of aromatic nitrogens is 2. The lowest BCUT2D eigenvalue weighted by Gasteiger charge is -2.13. The predicted octanol–water partition coefficient (Wildman–Crippen LogP) is 2.71. The molecule has 130 valence electrons. The van der Waals surface area contributed by atoms with E-state index in [0.29, 0.717) is 23.1 Å². The van der Waals surface area contributed by atoms with Crippen molar-refractivity contribution in [1.29, 1.82) is 0 Å². The van der Waals surface area contributed by atoms with Crippen LogP contribution in [-0.2, 0) is 17.9 Å². The molecule has 4 aromatic rings. The molecule has 4 rings (SSSR count). The summed E-state index contributed by atoms with van der Waals surface area (Å²) in [6.45, 7) is 0.196. The van der Waals surface area contributed by atoms with Gasteiger partial charge in [-0.15, -0.1) is 0 Å². The molecule has 0 unspecified atom stereocenters. The van der Waals surface area contributed by atoms with Gasteiger partial charge in [-0.3, -0.25) is 14.2 Å². The Kier molecular flexibility index (Phi) is 4.01. The zero-order valence-corrected chi connectivity index (χ0v) is 13.9. The van der Waals surface area contributed by atoms with Crippen molar-refractivity contribution in [3.05, 3.63) is 88.6 Å². The van der Waals surface area contributed by atoms with E-state index in [2.05, 4.69) is 5.32 Å². The first-order valence-corrected chi connectivity index (χ1v) is 8.23. The van der Waals surface area contributed by atoms with Crippen molar-refractivity contribution in [2.75, 3.05) is 0 Å². The van der Waals surface area contributed by atoms with Crippen LogP contribution in [-0.4, -0.2) is 14.9 Å². The molecule has 26 heavy (non-hydrogen) atoms. The van der Waals surface area contributed by atoms with Crippen LogP contribution in [0.1, 0.15) is 5.56 Å². The number of fused-ring (bicyclic) bond motifs is 3. The third kappa shape index (κ3) is 2.86. The molecule has 5 nitrogen and oxygen atoms in total. The number of hydrogen-bond donors (Lipinski definition) is 1. The van der Waals surface area contributed by atoms with Gasteiger partial charge in [0, 0.05) is 12.7 Å². The molecule has 2 heterocycles. The van der Waals surface area contributed by atoms with Crippen molar-refractivity contribution < 1.29 is 9.18 Å². The van der Waals surface area contributed by atoms with Crippen LogP contribution in [0.5, 0.6) is 0 Å². The molecule has 1 amide bonds. The predicted molar refractivity (Wildman–Crippen MR) is 97.4 cm³/mol. The number of carbonyl (C=O) groups excluding carboxylic acids is 1. The third-order valence-electron chi connectivity index (χ3n) is 4.34. The molecule has 0 fully saturated rings. The highest BCUT2D eigenvalue weighted by molar-refractivity contribution is 5.82. The second-order valence-corrected chi connectivity index (χ2v) is 6.05. The van der Waals surface area contributed by atoms with E-state index >= 15 is 0 Å². The van der Waals surface area contributed by atoms with Gasteiger partial charge in [-0.1, -0.05) is 30.3 Å². The van der Waals surface area contributed by atoms with Crippen LogP contribution >= 0.6 is 0 Å². The van der Waals surface area contributed by atoms with Crippen LogP contribution in [0.15, 0.2) is 71.7 Å². The number of rotatable bonds is 4. The van der Waals surface area contributed by atoms with Gasteiger partial charge < -0.3 is 9.72 Å². The minimum absolute atomic E-state index is 0.173. The summed E-state index contributed by atoms with van der Waals surface area (Å²) in [5.74, 6) is -0.765. The SMILES string of the molecule is O=C(Cn1c(=O)c2cccn2c2ccc(F)cc21)NCc1ccccc1. The van der Waals surface area contributed by atoms with Crippen molar-refractivity contribution in [2.24, 2.45) is 0 Å². The Morgan fingerprint density at radius 3 is 2.58 bits per heavy atom. The van der Waals surface area contributed by atoms with E-state index in [-0.39, 0.29) is 18.0 Å². The maximum atomic E-state index is 13.8. The monoisotopic (exact) mass is 349 g/mol. The average Bonchev–Trinajstić information content (AvgIpc) is 3.14. The topological polar surface area (TPSA) is 55.5 Å². The fourth-order valence-electron chi connectivity index (χ4n) is 3.08. The molecule has 0 radical (unpaired) electrons. The van der Waals surface area contributed by atoms with Crippen LogP contribution in [0.3, 0.4) is 0 Å². The second-order valence-electron chi connectivity index (χ2n) is 6.05. The fourth-order valence-corrected chi connectivity index (χ4v) is 3.08. The lowest BCUT2D eigenvalue weighted by Crippen LogP contribution is -2.33.